The van der Waals surface area contributed by atoms with Crippen molar-refractivity contribution in [3.05, 3.63) is 47.1 Å². The Hall–Kier alpha value is -1.94. The van der Waals surface area contributed by atoms with Crippen molar-refractivity contribution in [3.8, 4) is 0 Å². The van der Waals surface area contributed by atoms with Gasteiger partial charge in [-0.3, -0.25) is 5.10 Å². The molecule has 0 unspecified atom stereocenters. The minimum atomic E-state index is 0.960. The van der Waals surface area contributed by atoms with Gasteiger partial charge in [0.1, 0.15) is 0 Å². The zero-order valence-electron chi connectivity index (χ0n) is 8.42. The average Bonchev–Trinajstić information content (AvgIpc) is 2.96. The molecule has 78 valence electrons. The maximum absolute atomic E-state index is 4.27. The third-order valence-corrected chi connectivity index (χ3v) is 2.99. The first-order valence-electron chi connectivity index (χ1n) is 4.94. The first-order chi connectivity index (χ1) is 7.93. The van der Waals surface area contributed by atoms with Crippen LogP contribution in [-0.4, -0.2) is 14.6 Å². The van der Waals surface area contributed by atoms with E-state index in [-0.39, 0.29) is 0 Å². The average molecular weight is 227 g/mol. The number of para-hydroxylation sites is 1. The molecule has 2 aromatic heterocycles. The highest BCUT2D eigenvalue weighted by Gasteiger charge is 2.00. The lowest BCUT2D eigenvalue weighted by molar-refractivity contribution is 1.11. The van der Waals surface area contributed by atoms with E-state index in [1.54, 1.807) is 0 Å². The summed E-state index contributed by atoms with van der Waals surface area (Å²) in [5, 5.41) is 10.4. The minimum Gasteiger partial charge on any atom is -0.277 e. The molecule has 0 atom stereocenters. The van der Waals surface area contributed by atoms with Crippen molar-refractivity contribution in [1.82, 2.24) is 14.6 Å². The zero-order chi connectivity index (χ0) is 10.8. The van der Waals surface area contributed by atoms with Gasteiger partial charge in [0.15, 0.2) is 0 Å². The summed E-state index contributed by atoms with van der Waals surface area (Å²) in [6, 6.07) is 8.09. The van der Waals surface area contributed by atoms with Crippen LogP contribution in [0, 0.1) is 0 Å². The summed E-state index contributed by atoms with van der Waals surface area (Å²) >= 11 is 1.45. The van der Waals surface area contributed by atoms with Gasteiger partial charge in [-0.25, -0.2) is 4.37 Å². The fourth-order valence-electron chi connectivity index (χ4n) is 1.58. The Labute approximate surface area is 96.6 Å². The Morgan fingerprint density at radius 3 is 3.00 bits per heavy atom. The fraction of sp³-hybridized carbons (Fsp3) is 0. The van der Waals surface area contributed by atoms with Gasteiger partial charge < -0.3 is 0 Å². The number of nitrogens with zero attached hydrogens (tertiary/aromatic N) is 2. The van der Waals surface area contributed by atoms with Crippen molar-refractivity contribution in [2.24, 2.45) is 0 Å². The summed E-state index contributed by atoms with van der Waals surface area (Å²) in [5.74, 6) is 0. The Balaban J connectivity index is 2.01. The smallest absolute Gasteiger partial charge is 0.0927 e. The second-order valence-corrected chi connectivity index (χ2v) is 4.10. The highest BCUT2D eigenvalue weighted by molar-refractivity contribution is 7.03. The van der Waals surface area contributed by atoms with E-state index in [2.05, 4.69) is 20.6 Å². The number of aromatic amines is 1. The summed E-state index contributed by atoms with van der Waals surface area (Å²) in [6.07, 6.45) is 5.87. The quantitative estimate of drug-likeness (QED) is 0.730. The number of hydrogen-bond donors (Lipinski definition) is 1. The van der Waals surface area contributed by atoms with Crippen LogP contribution in [0.1, 0.15) is 11.3 Å². The van der Waals surface area contributed by atoms with Crippen LogP contribution in [0.3, 0.4) is 0 Å². The van der Waals surface area contributed by atoms with Gasteiger partial charge in [0, 0.05) is 22.5 Å². The predicted octanol–water partition coefficient (Wildman–Crippen LogP) is 3.19. The SMILES string of the molecule is C(=Cc1n[nH]c2ccccc12)c1cnsc1. The monoisotopic (exact) mass is 227 g/mol. The molecule has 4 heteroatoms. The molecule has 2 heterocycles. The molecule has 3 nitrogen and oxygen atoms in total. The molecule has 0 amide bonds. The third kappa shape index (κ3) is 1.63. The maximum Gasteiger partial charge on any atom is 0.0927 e. The second kappa shape index (κ2) is 3.90. The maximum atomic E-state index is 4.27. The van der Waals surface area contributed by atoms with E-state index in [1.807, 2.05) is 41.9 Å². The van der Waals surface area contributed by atoms with Crippen molar-refractivity contribution in [1.29, 1.82) is 0 Å². The van der Waals surface area contributed by atoms with E-state index >= 15 is 0 Å². The van der Waals surface area contributed by atoms with E-state index in [0.29, 0.717) is 0 Å². The minimum absolute atomic E-state index is 0.960. The normalized spacial score (nSPS) is 11.5. The van der Waals surface area contributed by atoms with Crippen LogP contribution >= 0.6 is 11.5 Å². The number of benzene rings is 1. The van der Waals surface area contributed by atoms with E-state index in [9.17, 15) is 0 Å². The lowest BCUT2D eigenvalue weighted by atomic mass is 10.2. The third-order valence-electron chi connectivity index (χ3n) is 2.38. The summed E-state index contributed by atoms with van der Waals surface area (Å²) in [5.41, 5.74) is 3.13. The Kier molecular flexibility index (Phi) is 2.27. The molecule has 0 saturated carbocycles. The van der Waals surface area contributed by atoms with Gasteiger partial charge in [-0.15, -0.1) is 0 Å². The molecule has 0 aliphatic carbocycles. The highest BCUT2D eigenvalue weighted by atomic mass is 32.1. The zero-order valence-corrected chi connectivity index (χ0v) is 9.24. The highest BCUT2D eigenvalue weighted by Crippen LogP contribution is 2.17. The van der Waals surface area contributed by atoms with E-state index in [1.165, 1.54) is 11.5 Å². The number of nitrogens with one attached hydrogen (secondary N) is 1. The molecule has 1 N–H and O–H groups in total. The van der Waals surface area contributed by atoms with Gasteiger partial charge >= 0.3 is 0 Å². The number of rotatable bonds is 2. The van der Waals surface area contributed by atoms with Gasteiger partial charge in [-0.05, 0) is 23.7 Å². The molecule has 3 rings (SSSR count). The van der Waals surface area contributed by atoms with Crippen molar-refractivity contribution in [3.63, 3.8) is 0 Å². The molecule has 0 aliphatic rings. The number of H-pyrrole nitrogens is 1. The van der Waals surface area contributed by atoms with E-state index < -0.39 is 0 Å². The van der Waals surface area contributed by atoms with Crippen LogP contribution in [0.15, 0.2) is 35.8 Å². The van der Waals surface area contributed by atoms with Crippen molar-refractivity contribution in [2.45, 2.75) is 0 Å². The van der Waals surface area contributed by atoms with Crippen LogP contribution in [0.5, 0.6) is 0 Å². The lowest BCUT2D eigenvalue weighted by Gasteiger charge is -1.87. The molecule has 3 aromatic rings. The largest absolute Gasteiger partial charge is 0.277 e. The van der Waals surface area contributed by atoms with Crippen LogP contribution < -0.4 is 0 Å². The second-order valence-electron chi connectivity index (χ2n) is 3.45. The molecule has 16 heavy (non-hydrogen) atoms. The van der Waals surface area contributed by atoms with Crippen LogP contribution in [0.25, 0.3) is 23.1 Å². The van der Waals surface area contributed by atoms with Gasteiger partial charge in [-0.2, -0.15) is 5.10 Å². The van der Waals surface area contributed by atoms with Gasteiger partial charge in [0.25, 0.3) is 0 Å². The van der Waals surface area contributed by atoms with Crippen molar-refractivity contribution < 1.29 is 0 Å². The molecule has 0 radical (unpaired) electrons. The van der Waals surface area contributed by atoms with E-state index in [0.717, 1.165) is 22.2 Å². The molecule has 0 spiro atoms. The first kappa shape index (κ1) is 9.30. The Morgan fingerprint density at radius 1 is 1.19 bits per heavy atom. The molecule has 0 saturated heterocycles. The summed E-state index contributed by atoms with van der Waals surface area (Å²) in [7, 11) is 0. The Bertz CT molecular complexity index is 623. The molecular weight excluding hydrogens is 218 g/mol. The number of fused-ring (bicyclic) bond motifs is 1. The first-order valence-corrected chi connectivity index (χ1v) is 5.78. The van der Waals surface area contributed by atoms with Crippen LogP contribution in [0.4, 0.5) is 0 Å². The van der Waals surface area contributed by atoms with Crippen LogP contribution in [0.2, 0.25) is 0 Å². The summed E-state index contributed by atoms with van der Waals surface area (Å²) < 4.78 is 4.05. The fourth-order valence-corrected chi connectivity index (χ4v) is 2.09. The lowest BCUT2D eigenvalue weighted by Crippen LogP contribution is -1.71. The van der Waals surface area contributed by atoms with E-state index in [4.69, 9.17) is 0 Å². The van der Waals surface area contributed by atoms with Gasteiger partial charge in [0.05, 0.1) is 11.2 Å². The van der Waals surface area contributed by atoms with Crippen molar-refractivity contribution >= 4 is 34.6 Å². The molecule has 0 bridgehead atoms. The van der Waals surface area contributed by atoms with Crippen molar-refractivity contribution in [2.75, 3.05) is 0 Å². The standard InChI is InChI=1S/C12H9N3S/c1-2-4-11-10(3-1)12(15-14-11)6-5-9-7-13-16-8-9/h1-8H,(H,14,15). The number of hydrogen-bond acceptors (Lipinski definition) is 3. The summed E-state index contributed by atoms with van der Waals surface area (Å²) in [4.78, 5) is 0. The Morgan fingerprint density at radius 2 is 2.12 bits per heavy atom. The molecular formula is C12H9N3S. The number of aromatic nitrogens is 3. The molecule has 0 aliphatic heterocycles. The topological polar surface area (TPSA) is 41.6 Å². The summed E-state index contributed by atoms with van der Waals surface area (Å²) in [6.45, 7) is 0. The predicted molar refractivity (Wildman–Crippen MR) is 67.1 cm³/mol. The molecule has 0 fully saturated rings. The van der Waals surface area contributed by atoms with Crippen LogP contribution in [-0.2, 0) is 0 Å². The van der Waals surface area contributed by atoms with Gasteiger partial charge in [-0.1, -0.05) is 24.3 Å². The van der Waals surface area contributed by atoms with Gasteiger partial charge in [0.2, 0.25) is 0 Å². The molecule has 1 aromatic carbocycles.